The zero-order valence-corrected chi connectivity index (χ0v) is 16.9. The van der Waals surface area contributed by atoms with E-state index in [0.717, 1.165) is 19.3 Å². The maximum atomic E-state index is 12.2. The topological polar surface area (TPSA) is 156 Å². The average molecular weight is 407 g/mol. The third-order valence-electron chi connectivity index (χ3n) is 5.09. The molecular weight excluding hydrogens is 368 g/mol. The molecule has 0 aromatic heterocycles. The van der Waals surface area contributed by atoms with Crippen molar-refractivity contribution in [3.8, 4) is 0 Å². The third kappa shape index (κ3) is 8.96. The van der Waals surface area contributed by atoms with Crippen LogP contribution in [0.5, 0.6) is 0 Å². The van der Waals surface area contributed by atoms with E-state index in [1.807, 2.05) is 0 Å². The minimum atomic E-state index is -3.23. The van der Waals surface area contributed by atoms with E-state index in [0.29, 0.717) is 12.8 Å². The Morgan fingerprint density at radius 1 is 0.821 bits per heavy atom. The molecule has 166 valence electrons. The van der Waals surface area contributed by atoms with Crippen LogP contribution in [0.15, 0.2) is 0 Å². The molecular formula is C20H38O8. The maximum Gasteiger partial charge on any atom is 0.346 e. The molecule has 0 rings (SSSR count). The van der Waals surface area contributed by atoms with Crippen molar-refractivity contribution >= 4 is 11.8 Å². The van der Waals surface area contributed by atoms with E-state index in [4.69, 9.17) is 10.2 Å². The Balaban J connectivity index is 4.23. The van der Waals surface area contributed by atoms with E-state index >= 15 is 0 Å². The standard InChI is InChI=1S/C20H38O8/c1-2-3-4-5-6-7-8-9-10-11-12-13-16(23)20(28,19(26)27)18(25)17(24)15(22)14-21/h15,17-18,21-22,24-25,28H,2-14H2,1H3,(H,26,27). The number of rotatable bonds is 18. The molecule has 0 saturated carbocycles. The average Bonchev–Trinajstić information content (AvgIpc) is 2.69. The summed E-state index contributed by atoms with van der Waals surface area (Å²) in [6, 6.07) is 0. The summed E-state index contributed by atoms with van der Waals surface area (Å²) in [6.45, 7) is 1.23. The summed E-state index contributed by atoms with van der Waals surface area (Å²) < 4.78 is 0. The molecule has 4 atom stereocenters. The van der Waals surface area contributed by atoms with Crippen LogP contribution in [0.3, 0.4) is 0 Å². The molecule has 0 saturated heterocycles. The quantitative estimate of drug-likeness (QED) is 0.146. The zero-order chi connectivity index (χ0) is 21.6. The van der Waals surface area contributed by atoms with Gasteiger partial charge in [0.2, 0.25) is 5.60 Å². The van der Waals surface area contributed by atoms with E-state index in [-0.39, 0.29) is 6.42 Å². The number of ketones is 1. The Bertz CT molecular complexity index is 442. The van der Waals surface area contributed by atoms with E-state index in [1.54, 1.807) is 0 Å². The number of aliphatic hydroxyl groups excluding tert-OH is 4. The molecule has 0 aromatic rings. The number of Topliss-reactive ketones (excluding diaryl/α,β-unsaturated/α-hetero) is 1. The predicted octanol–water partition coefficient (Wildman–Crippen LogP) is 1.15. The second-order valence-corrected chi connectivity index (χ2v) is 7.47. The van der Waals surface area contributed by atoms with Crippen LogP contribution in [0.25, 0.3) is 0 Å². The smallest absolute Gasteiger partial charge is 0.346 e. The van der Waals surface area contributed by atoms with Crippen LogP contribution in [0, 0.1) is 0 Å². The highest BCUT2D eigenvalue weighted by atomic mass is 16.4. The van der Waals surface area contributed by atoms with Gasteiger partial charge in [0.15, 0.2) is 5.78 Å². The zero-order valence-electron chi connectivity index (χ0n) is 16.9. The summed E-state index contributed by atoms with van der Waals surface area (Å²) in [7, 11) is 0. The van der Waals surface area contributed by atoms with Crippen molar-refractivity contribution in [2.45, 2.75) is 108 Å². The lowest BCUT2D eigenvalue weighted by Crippen LogP contribution is -2.62. The van der Waals surface area contributed by atoms with Gasteiger partial charge in [-0.1, -0.05) is 71.1 Å². The number of hydrogen-bond donors (Lipinski definition) is 6. The number of unbranched alkanes of at least 4 members (excludes halogenated alkanes) is 10. The summed E-state index contributed by atoms with van der Waals surface area (Å²) in [4.78, 5) is 23.5. The van der Waals surface area contributed by atoms with Gasteiger partial charge in [-0.25, -0.2) is 4.79 Å². The van der Waals surface area contributed by atoms with Gasteiger partial charge in [0.25, 0.3) is 0 Å². The molecule has 0 aliphatic heterocycles. The van der Waals surface area contributed by atoms with Gasteiger partial charge in [-0.05, 0) is 6.42 Å². The summed E-state index contributed by atoms with van der Waals surface area (Å²) in [5, 5.41) is 56.9. The Morgan fingerprint density at radius 3 is 1.64 bits per heavy atom. The van der Waals surface area contributed by atoms with E-state index in [1.165, 1.54) is 38.5 Å². The van der Waals surface area contributed by atoms with Gasteiger partial charge in [-0.2, -0.15) is 0 Å². The summed E-state index contributed by atoms with van der Waals surface area (Å²) in [5.74, 6) is -3.13. The van der Waals surface area contributed by atoms with Crippen LogP contribution in [0.4, 0.5) is 0 Å². The first kappa shape index (κ1) is 26.9. The van der Waals surface area contributed by atoms with Gasteiger partial charge in [0.1, 0.15) is 18.3 Å². The largest absolute Gasteiger partial charge is 0.479 e. The van der Waals surface area contributed by atoms with Crippen molar-refractivity contribution in [1.82, 2.24) is 0 Å². The molecule has 8 nitrogen and oxygen atoms in total. The Morgan fingerprint density at radius 2 is 1.25 bits per heavy atom. The Kier molecular flexibility index (Phi) is 14.3. The summed E-state index contributed by atoms with van der Waals surface area (Å²) in [6.07, 6.45) is 4.76. The first-order valence-corrected chi connectivity index (χ1v) is 10.4. The molecule has 0 spiro atoms. The van der Waals surface area contributed by atoms with Crippen LogP contribution in [-0.4, -0.2) is 72.9 Å². The molecule has 0 aliphatic carbocycles. The summed E-state index contributed by atoms with van der Waals surface area (Å²) in [5.41, 5.74) is -3.23. The molecule has 6 N–H and O–H groups in total. The normalized spacial score (nSPS) is 16.9. The summed E-state index contributed by atoms with van der Waals surface area (Å²) >= 11 is 0. The van der Waals surface area contributed by atoms with E-state index in [9.17, 15) is 30.0 Å². The third-order valence-corrected chi connectivity index (χ3v) is 5.09. The number of carboxylic acid groups (broad SMARTS) is 1. The predicted molar refractivity (Wildman–Crippen MR) is 104 cm³/mol. The number of aliphatic carboxylic acids is 1. The van der Waals surface area contributed by atoms with Gasteiger partial charge >= 0.3 is 5.97 Å². The van der Waals surface area contributed by atoms with Gasteiger partial charge in [0, 0.05) is 6.42 Å². The fourth-order valence-electron chi connectivity index (χ4n) is 3.12. The van der Waals surface area contributed by atoms with Gasteiger partial charge in [0.05, 0.1) is 6.61 Å². The number of carboxylic acids is 1. The first-order chi connectivity index (χ1) is 13.2. The lowest BCUT2D eigenvalue weighted by atomic mass is 9.84. The van der Waals surface area contributed by atoms with Crippen LogP contribution in [-0.2, 0) is 9.59 Å². The first-order valence-electron chi connectivity index (χ1n) is 10.4. The SMILES string of the molecule is CCCCCCCCCCCCCC(=O)C(O)(C(=O)O)C(O)C(O)C(O)CO. The minimum Gasteiger partial charge on any atom is -0.479 e. The lowest BCUT2D eigenvalue weighted by Gasteiger charge is -2.32. The molecule has 8 heteroatoms. The second kappa shape index (κ2) is 14.9. The fraction of sp³-hybridized carbons (Fsp3) is 0.900. The van der Waals surface area contributed by atoms with Crippen LogP contribution in [0.2, 0.25) is 0 Å². The second-order valence-electron chi connectivity index (χ2n) is 7.47. The maximum absolute atomic E-state index is 12.2. The number of aliphatic hydroxyl groups is 5. The van der Waals surface area contributed by atoms with Gasteiger partial charge in [-0.3, -0.25) is 4.79 Å². The monoisotopic (exact) mass is 406 g/mol. The molecule has 0 aliphatic rings. The molecule has 4 unspecified atom stereocenters. The molecule has 0 heterocycles. The van der Waals surface area contributed by atoms with Crippen molar-refractivity contribution in [2.75, 3.05) is 6.61 Å². The molecule has 0 fully saturated rings. The molecule has 0 amide bonds. The van der Waals surface area contributed by atoms with Crippen LogP contribution in [0.1, 0.15) is 84.0 Å². The molecule has 0 radical (unpaired) electrons. The fourth-order valence-corrected chi connectivity index (χ4v) is 3.12. The lowest BCUT2D eigenvalue weighted by molar-refractivity contribution is -0.193. The van der Waals surface area contributed by atoms with Crippen molar-refractivity contribution in [1.29, 1.82) is 0 Å². The Hall–Kier alpha value is -1.06. The van der Waals surface area contributed by atoms with E-state index < -0.39 is 42.3 Å². The highest BCUT2D eigenvalue weighted by molar-refractivity contribution is 6.07. The van der Waals surface area contributed by atoms with Crippen molar-refractivity contribution < 1.29 is 40.2 Å². The molecule has 0 bridgehead atoms. The molecule has 28 heavy (non-hydrogen) atoms. The van der Waals surface area contributed by atoms with Crippen molar-refractivity contribution in [3.63, 3.8) is 0 Å². The van der Waals surface area contributed by atoms with E-state index in [2.05, 4.69) is 6.92 Å². The van der Waals surface area contributed by atoms with Gasteiger partial charge in [-0.15, -0.1) is 0 Å². The number of carbonyl (C=O) groups excluding carboxylic acids is 1. The molecule has 0 aromatic carbocycles. The van der Waals surface area contributed by atoms with Crippen molar-refractivity contribution in [2.24, 2.45) is 0 Å². The van der Waals surface area contributed by atoms with Crippen LogP contribution < -0.4 is 0 Å². The number of hydrogen-bond acceptors (Lipinski definition) is 7. The van der Waals surface area contributed by atoms with Gasteiger partial charge < -0.3 is 30.6 Å². The highest BCUT2D eigenvalue weighted by Gasteiger charge is 2.53. The highest BCUT2D eigenvalue weighted by Crippen LogP contribution is 2.22. The minimum absolute atomic E-state index is 0.265. The Labute approximate surface area is 167 Å². The van der Waals surface area contributed by atoms with Crippen LogP contribution >= 0.6 is 0 Å². The van der Waals surface area contributed by atoms with Crippen molar-refractivity contribution in [3.05, 3.63) is 0 Å². The number of carbonyl (C=O) groups is 2.